The molecule has 0 saturated carbocycles. The van der Waals surface area contributed by atoms with Crippen molar-refractivity contribution >= 4 is 34.9 Å². The van der Waals surface area contributed by atoms with Gasteiger partial charge in [-0.05, 0) is 47.5 Å². The summed E-state index contributed by atoms with van der Waals surface area (Å²) >= 11 is 12.4. The quantitative estimate of drug-likeness (QED) is 0.366. The van der Waals surface area contributed by atoms with Gasteiger partial charge in [-0.25, -0.2) is 0 Å². The number of benzene rings is 3. The van der Waals surface area contributed by atoms with E-state index >= 15 is 0 Å². The highest BCUT2D eigenvalue weighted by Crippen LogP contribution is 2.46. The van der Waals surface area contributed by atoms with Crippen molar-refractivity contribution < 1.29 is 14.3 Å². The Morgan fingerprint density at radius 2 is 1.43 bits per heavy atom. The minimum Gasteiger partial charge on any atom is -0.497 e. The Balaban J connectivity index is 1.96. The number of methoxy groups -OCH3 is 2. The number of hydrogen-bond donors (Lipinski definition) is 0. The van der Waals surface area contributed by atoms with Crippen LogP contribution in [0.15, 0.2) is 71.7 Å². The lowest BCUT2D eigenvalue weighted by Crippen LogP contribution is -2.44. The largest absolute Gasteiger partial charge is 0.497 e. The lowest BCUT2D eigenvalue weighted by molar-refractivity contribution is -0.137. The number of rotatable bonds is 5. The number of nitrogens with zero attached hydrogens (tertiary/aromatic N) is 2. The van der Waals surface area contributed by atoms with Gasteiger partial charge >= 0.3 is 0 Å². The molecule has 1 heterocycles. The number of hydrogen-bond acceptors (Lipinski definition) is 4. The molecule has 0 N–H and O–H groups in total. The Labute approximate surface area is 216 Å². The van der Waals surface area contributed by atoms with Gasteiger partial charge in [0.05, 0.1) is 25.8 Å². The summed E-state index contributed by atoms with van der Waals surface area (Å²) in [5, 5.41) is 1.26. The van der Waals surface area contributed by atoms with E-state index in [1.54, 1.807) is 25.2 Å². The number of carbonyl (C=O) groups is 1. The number of amides is 1. The van der Waals surface area contributed by atoms with Crippen LogP contribution in [0.4, 0.5) is 0 Å². The van der Waals surface area contributed by atoms with Crippen LogP contribution in [0, 0.1) is 5.41 Å². The summed E-state index contributed by atoms with van der Waals surface area (Å²) < 4.78 is 11.1. The molecule has 2 atom stereocenters. The van der Waals surface area contributed by atoms with E-state index < -0.39 is 5.41 Å². The van der Waals surface area contributed by atoms with Crippen LogP contribution in [0.2, 0.25) is 10.0 Å². The van der Waals surface area contributed by atoms with Crippen LogP contribution in [-0.4, -0.2) is 30.9 Å². The number of ether oxygens (including phenoxy) is 2. The average molecular weight is 511 g/mol. The molecule has 35 heavy (non-hydrogen) atoms. The van der Waals surface area contributed by atoms with Gasteiger partial charge in [-0.2, -0.15) is 0 Å². The SMILES string of the molecule is COc1ccc(C2=NC(c3ccc(Cl)cc3)C(c3ccc(Cl)cc3)N2C(=O)C(C)(C)C)c(OC)c1. The van der Waals surface area contributed by atoms with Crippen LogP contribution in [0.1, 0.15) is 49.5 Å². The molecule has 0 aliphatic carbocycles. The van der Waals surface area contributed by atoms with Gasteiger partial charge in [-0.1, -0.05) is 68.2 Å². The van der Waals surface area contributed by atoms with Crippen molar-refractivity contribution in [3.8, 4) is 11.5 Å². The summed E-state index contributed by atoms with van der Waals surface area (Å²) in [6.45, 7) is 5.73. The van der Waals surface area contributed by atoms with Crippen molar-refractivity contribution in [1.29, 1.82) is 0 Å². The van der Waals surface area contributed by atoms with Gasteiger partial charge < -0.3 is 9.47 Å². The molecule has 1 aliphatic heterocycles. The van der Waals surface area contributed by atoms with Gasteiger partial charge in [0.15, 0.2) is 0 Å². The zero-order valence-corrected chi connectivity index (χ0v) is 21.9. The maximum atomic E-state index is 14.0. The molecule has 5 nitrogen and oxygen atoms in total. The number of aliphatic imine (C=N–C) groups is 1. The molecule has 0 saturated heterocycles. The van der Waals surface area contributed by atoms with E-state index in [-0.39, 0.29) is 18.0 Å². The zero-order valence-electron chi connectivity index (χ0n) is 20.4. The third-order valence-corrected chi connectivity index (χ3v) is 6.50. The first-order chi connectivity index (χ1) is 16.6. The van der Waals surface area contributed by atoms with Gasteiger partial charge in [-0.3, -0.25) is 14.7 Å². The van der Waals surface area contributed by atoms with Crippen molar-refractivity contribution in [2.45, 2.75) is 32.9 Å². The fourth-order valence-electron chi connectivity index (χ4n) is 4.21. The predicted octanol–water partition coefficient (Wildman–Crippen LogP) is 7.13. The van der Waals surface area contributed by atoms with Crippen molar-refractivity contribution in [3.63, 3.8) is 0 Å². The maximum absolute atomic E-state index is 14.0. The minimum absolute atomic E-state index is 0.0504. The third-order valence-electron chi connectivity index (χ3n) is 6.00. The van der Waals surface area contributed by atoms with E-state index in [1.807, 2.05) is 81.4 Å². The second kappa shape index (κ2) is 9.92. The highest BCUT2D eigenvalue weighted by molar-refractivity contribution is 6.30. The molecule has 7 heteroatoms. The van der Waals surface area contributed by atoms with Crippen molar-refractivity contribution in [3.05, 3.63) is 93.5 Å². The molecule has 0 radical (unpaired) electrons. The molecule has 0 bridgehead atoms. The molecule has 1 amide bonds. The Morgan fingerprint density at radius 1 is 0.857 bits per heavy atom. The summed E-state index contributed by atoms with van der Waals surface area (Å²) in [5.41, 5.74) is 1.93. The Bertz CT molecular complexity index is 1250. The molecule has 2 unspecified atom stereocenters. The molecule has 0 aromatic heterocycles. The highest BCUT2D eigenvalue weighted by Gasteiger charge is 2.45. The monoisotopic (exact) mass is 510 g/mol. The predicted molar refractivity (Wildman–Crippen MR) is 141 cm³/mol. The van der Waals surface area contributed by atoms with Gasteiger partial charge in [-0.15, -0.1) is 0 Å². The molecule has 3 aromatic carbocycles. The van der Waals surface area contributed by atoms with Crippen LogP contribution >= 0.6 is 23.2 Å². The molecular formula is C28H28Cl2N2O3. The van der Waals surface area contributed by atoms with Gasteiger partial charge in [0.1, 0.15) is 23.4 Å². The molecule has 4 rings (SSSR count). The lowest BCUT2D eigenvalue weighted by Gasteiger charge is -2.34. The topological polar surface area (TPSA) is 51.1 Å². The highest BCUT2D eigenvalue weighted by atomic mass is 35.5. The molecule has 182 valence electrons. The van der Waals surface area contributed by atoms with Gasteiger partial charge in [0.25, 0.3) is 0 Å². The van der Waals surface area contributed by atoms with E-state index in [0.29, 0.717) is 32.9 Å². The van der Waals surface area contributed by atoms with Crippen LogP contribution in [0.3, 0.4) is 0 Å². The van der Waals surface area contributed by atoms with E-state index in [1.165, 1.54) is 0 Å². The van der Waals surface area contributed by atoms with Gasteiger partial charge in [0.2, 0.25) is 5.91 Å². The fraction of sp³-hybridized carbons (Fsp3) is 0.286. The summed E-state index contributed by atoms with van der Waals surface area (Å²) in [5.74, 6) is 1.72. The van der Waals surface area contributed by atoms with Crippen LogP contribution in [-0.2, 0) is 4.79 Å². The number of carbonyl (C=O) groups excluding carboxylic acids is 1. The molecule has 1 aliphatic rings. The Morgan fingerprint density at radius 3 is 1.94 bits per heavy atom. The van der Waals surface area contributed by atoms with E-state index in [0.717, 1.165) is 11.1 Å². The Kier molecular flexibility index (Phi) is 7.11. The van der Waals surface area contributed by atoms with Crippen LogP contribution < -0.4 is 9.47 Å². The second-order valence-corrected chi connectivity index (χ2v) is 10.3. The maximum Gasteiger partial charge on any atom is 0.234 e. The van der Waals surface area contributed by atoms with Gasteiger partial charge in [0, 0.05) is 21.5 Å². The number of amidine groups is 1. The molecular weight excluding hydrogens is 483 g/mol. The minimum atomic E-state index is -0.653. The molecule has 3 aromatic rings. The van der Waals surface area contributed by atoms with Crippen LogP contribution in [0.5, 0.6) is 11.5 Å². The van der Waals surface area contributed by atoms with E-state index in [2.05, 4.69) is 0 Å². The normalized spacial score (nSPS) is 17.8. The first-order valence-corrected chi connectivity index (χ1v) is 12.0. The standard InChI is InChI=1S/C28H28Cl2N2O3/c1-28(2,3)27(33)32-25(18-8-12-20(30)13-9-18)24(17-6-10-19(29)11-7-17)31-26(32)22-15-14-21(34-4)16-23(22)35-5/h6-16,24-25H,1-5H3. The van der Waals surface area contributed by atoms with E-state index in [4.69, 9.17) is 37.7 Å². The second-order valence-electron chi connectivity index (χ2n) is 9.44. The van der Waals surface area contributed by atoms with E-state index in [9.17, 15) is 4.79 Å². The summed E-state index contributed by atoms with van der Waals surface area (Å²) in [6.07, 6.45) is 0. The van der Waals surface area contributed by atoms with Crippen molar-refractivity contribution in [2.75, 3.05) is 14.2 Å². The van der Waals surface area contributed by atoms with Crippen LogP contribution in [0.25, 0.3) is 0 Å². The summed E-state index contributed by atoms with van der Waals surface area (Å²) in [6, 6.07) is 19.9. The van der Waals surface area contributed by atoms with Crippen molar-refractivity contribution in [2.24, 2.45) is 10.4 Å². The third kappa shape index (κ3) is 5.02. The zero-order chi connectivity index (χ0) is 25.3. The molecule has 0 fully saturated rings. The number of halogens is 2. The molecule has 0 spiro atoms. The van der Waals surface area contributed by atoms with Crippen molar-refractivity contribution in [1.82, 2.24) is 4.90 Å². The first-order valence-electron chi connectivity index (χ1n) is 11.3. The fourth-order valence-corrected chi connectivity index (χ4v) is 4.46. The first kappa shape index (κ1) is 25.1. The lowest BCUT2D eigenvalue weighted by atomic mass is 9.89. The average Bonchev–Trinajstić information content (AvgIpc) is 3.23. The Hall–Kier alpha value is -3.02. The smallest absolute Gasteiger partial charge is 0.234 e. The summed E-state index contributed by atoms with van der Waals surface area (Å²) in [7, 11) is 3.20. The summed E-state index contributed by atoms with van der Waals surface area (Å²) in [4.78, 5) is 20.9.